The third-order valence-corrected chi connectivity index (χ3v) is 3.67. The number of carbonyl (C=O) groups is 2. The fourth-order valence-corrected chi connectivity index (χ4v) is 2.22. The molecule has 0 heterocycles. The number of carbonyl (C=O) groups excluding carboxylic acids is 2. The maximum Gasteiger partial charge on any atom is 0.325 e. The van der Waals surface area contributed by atoms with E-state index in [9.17, 15) is 9.59 Å². The van der Waals surface area contributed by atoms with Gasteiger partial charge in [-0.2, -0.15) is 0 Å². The van der Waals surface area contributed by atoms with Crippen LogP contribution in [0, 0.1) is 0 Å². The summed E-state index contributed by atoms with van der Waals surface area (Å²) >= 11 is 0. The van der Waals surface area contributed by atoms with Gasteiger partial charge < -0.3 is 19.5 Å². The molecule has 0 fully saturated rings. The molecule has 138 valence electrons. The predicted octanol–water partition coefficient (Wildman–Crippen LogP) is 2.61. The summed E-state index contributed by atoms with van der Waals surface area (Å²) in [6.45, 7) is 2.25. The normalized spacial score (nSPS) is 10.1. The quantitative estimate of drug-likeness (QED) is 0.552. The Morgan fingerprint density at radius 2 is 1.77 bits per heavy atom. The summed E-state index contributed by atoms with van der Waals surface area (Å²) in [5.41, 5.74) is 1.62. The van der Waals surface area contributed by atoms with Gasteiger partial charge in [-0.15, -0.1) is 0 Å². The first-order valence-electron chi connectivity index (χ1n) is 8.42. The predicted molar refractivity (Wildman–Crippen MR) is 97.6 cm³/mol. The molecule has 6 heteroatoms. The molecule has 0 spiro atoms. The summed E-state index contributed by atoms with van der Waals surface area (Å²) in [6.07, 6.45) is 0.931. The third kappa shape index (κ3) is 6.12. The van der Waals surface area contributed by atoms with Crippen LogP contribution >= 0.6 is 0 Å². The molecule has 0 radical (unpaired) electrons. The number of nitrogens with one attached hydrogen (secondary N) is 1. The SMILES string of the molecule is CCc1cccc(OCCOC(=O)CNC(=O)c2ccc(OC)cc2)c1. The monoisotopic (exact) mass is 357 g/mol. The van der Waals surface area contributed by atoms with E-state index in [1.54, 1.807) is 31.4 Å². The van der Waals surface area contributed by atoms with Crippen molar-refractivity contribution < 1.29 is 23.8 Å². The number of ether oxygens (including phenoxy) is 3. The molecule has 0 atom stereocenters. The van der Waals surface area contributed by atoms with Crippen LogP contribution < -0.4 is 14.8 Å². The van der Waals surface area contributed by atoms with E-state index in [1.807, 2.05) is 24.3 Å². The minimum atomic E-state index is -0.516. The Labute approximate surface area is 153 Å². The van der Waals surface area contributed by atoms with E-state index >= 15 is 0 Å². The van der Waals surface area contributed by atoms with Crippen molar-refractivity contribution in [2.75, 3.05) is 26.9 Å². The van der Waals surface area contributed by atoms with Crippen molar-refractivity contribution in [2.45, 2.75) is 13.3 Å². The molecule has 0 aliphatic rings. The summed E-state index contributed by atoms with van der Waals surface area (Å²) in [5.74, 6) is 0.536. The summed E-state index contributed by atoms with van der Waals surface area (Å²) in [4.78, 5) is 23.6. The van der Waals surface area contributed by atoms with E-state index in [0.29, 0.717) is 11.3 Å². The van der Waals surface area contributed by atoms with Gasteiger partial charge in [0.2, 0.25) is 0 Å². The second kappa shape index (κ2) is 10.1. The lowest BCUT2D eigenvalue weighted by molar-refractivity contribution is -0.143. The zero-order valence-corrected chi connectivity index (χ0v) is 15.0. The van der Waals surface area contributed by atoms with Gasteiger partial charge in [0.25, 0.3) is 5.91 Å². The van der Waals surface area contributed by atoms with Crippen LogP contribution in [0.2, 0.25) is 0 Å². The number of methoxy groups -OCH3 is 1. The van der Waals surface area contributed by atoms with Gasteiger partial charge in [0, 0.05) is 5.56 Å². The Bertz CT molecular complexity index is 727. The van der Waals surface area contributed by atoms with Crippen LogP contribution in [0.3, 0.4) is 0 Å². The van der Waals surface area contributed by atoms with Crippen LogP contribution in [0.4, 0.5) is 0 Å². The van der Waals surface area contributed by atoms with Gasteiger partial charge in [-0.3, -0.25) is 9.59 Å². The Balaban J connectivity index is 1.65. The molecule has 2 rings (SSSR count). The highest BCUT2D eigenvalue weighted by atomic mass is 16.6. The Morgan fingerprint density at radius 1 is 1.00 bits per heavy atom. The molecule has 0 saturated carbocycles. The number of hydrogen-bond acceptors (Lipinski definition) is 5. The lowest BCUT2D eigenvalue weighted by Crippen LogP contribution is -2.31. The average molecular weight is 357 g/mol. The van der Waals surface area contributed by atoms with E-state index < -0.39 is 5.97 Å². The second-order valence-corrected chi connectivity index (χ2v) is 5.48. The van der Waals surface area contributed by atoms with Crippen molar-refractivity contribution in [2.24, 2.45) is 0 Å². The summed E-state index contributed by atoms with van der Waals surface area (Å²) < 4.78 is 15.6. The first-order valence-corrected chi connectivity index (χ1v) is 8.42. The zero-order valence-electron chi connectivity index (χ0n) is 15.0. The standard InChI is InChI=1S/C20H23NO5/c1-3-15-5-4-6-18(13-15)25-11-12-26-19(22)14-21-20(23)16-7-9-17(24-2)10-8-16/h4-10,13H,3,11-12,14H2,1-2H3,(H,21,23). The maximum atomic E-state index is 11.9. The van der Waals surface area contributed by atoms with E-state index in [2.05, 4.69) is 12.2 Å². The number of esters is 1. The molecule has 2 aromatic carbocycles. The number of aryl methyl sites for hydroxylation is 1. The van der Waals surface area contributed by atoms with Crippen LogP contribution in [0.25, 0.3) is 0 Å². The van der Waals surface area contributed by atoms with Crippen molar-refractivity contribution in [3.05, 3.63) is 59.7 Å². The Kier molecular flexibility index (Phi) is 7.49. The van der Waals surface area contributed by atoms with Crippen LogP contribution in [0.1, 0.15) is 22.8 Å². The first kappa shape index (κ1) is 19.3. The molecular weight excluding hydrogens is 334 g/mol. The highest BCUT2D eigenvalue weighted by molar-refractivity contribution is 5.96. The van der Waals surface area contributed by atoms with Gasteiger partial charge in [-0.05, 0) is 48.4 Å². The number of rotatable bonds is 9. The molecule has 0 aromatic heterocycles. The molecule has 1 amide bonds. The zero-order chi connectivity index (χ0) is 18.8. The third-order valence-electron chi connectivity index (χ3n) is 3.67. The summed E-state index contributed by atoms with van der Waals surface area (Å²) in [7, 11) is 1.55. The van der Waals surface area contributed by atoms with Crippen molar-refractivity contribution in [3.8, 4) is 11.5 Å². The maximum absolute atomic E-state index is 11.9. The molecule has 0 aliphatic heterocycles. The van der Waals surface area contributed by atoms with Gasteiger partial charge in [-0.25, -0.2) is 0 Å². The smallest absolute Gasteiger partial charge is 0.325 e. The highest BCUT2D eigenvalue weighted by Gasteiger charge is 2.09. The average Bonchev–Trinajstić information content (AvgIpc) is 2.69. The minimum absolute atomic E-state index is 0.119. The lowest BCUT2D eigenvalue weighted by atomic mass is 10.2. The molecule has 6 nitrogen and oxygen atoms in total. The van der Waals surface area contributed by atoms with Crippen molar-refractivity contribution in [1.29, 1.82) is 0 Å². The van der Waals surface area contributed by atoms with Gasteiger partial charge >= 0.3 is 5.97 Å². The highest BCUT2D eigenvalue weighted by Crippen LogP contribution is 2.13. The fourth-order valence-electron chi connectivity index (χ4n) is 2.22. The van der Waals surface area contributed by atoms with Crippen LogP contribution in [-0.4, -0.2) is 38.7 Å². The number of hydrogen-bond donors (Lipinski definition) is 1. The van der Waals surface area contributed by atoms with Crippen molar-refractivity contribution in [3.63, 3.8) is 0 Å². The van der Waals surface area contributed by atoms with E-state index in [0.717, 1.165) is 12.2 Å². The van der Waals surface area contributed by atoms with Crippen LogP contribution in [0.5, 0.6) is 11.5 Å². The molecule has 1 N–H and O–H groups in total. The first-order chi connectivity index (χ1) is 12.6. The van der Waals surface area contributed by atoms with Gasteiger partial charge in [0.1, 0.15) is 31.3 Å². The molecular formula is C20H23NO5. The topological polar surface area (TPSA) is 73.9 Å². The van der Waals surface area contributed by atoms with Crippen molar-refractivity contribution >= 4 is 11.9 Å². The van der Waals surface area contributed by atoms with Crippen LogP contribution in [0.15, 0.2) is 48.5 Å². The fraction of sp³-hybridized carbons (Fsp3) is 0.300. The van der Waals surface area contributed by atoms with Crippen molar-refractivity contribution in [1.82, 2.24) is 5.32 Å². The lowest BCUT2D eigenvalue weighted by Gasteiger charge is -2.09. The van der Waals surface area contributed by atoms with Gasteiger partial charge in [0.15, 0.2) is 0 Å². The molecule has 0 saturated heterocycles. The van der Waals surface area contributed by atoms with Gasteiger partial charge in [0.05, 0.1) is 7.11 Å². The molecule has 0 aliphatic carbocycles. The Morgan fingerprint density at radius 3 is 2.46 bits per heavy atom. The second-order valence-electron chi connectivity index (χ2n) is 5.48. The van der Waals surface area contributed by atoms with E-state index in [1.165, 1.54) is 5.56 Å². The number of amides is 1. The van der Waals surface area contributed by atoms with Crippen LogP contribution in [-0.2, 0) is 16.0 Å². The summed E-state index contributed by atoms with van der Waals surface area (Å²) in [6, 6.07) is 14.4. The molecule has 26 heavy (non-hydrogen) atoms. The van der Waals surface area contributed by atoms with Gasteiger partial charge in [-0.1, -0.05) is 19.1 Å². The van der Waals surface area contributed by atoms with E-state index in [-0.39, 0.29) is 25.7 Å². The Hall–Kier alpha value is -3.02. The molecule has 0 bridgehead atoms. The molecule has 0 unspecified atom stereocenters. The largest absolute Gasteiger partial charge is 0.497 e. The molecule has 2 aromatic rings. The summed E-state index contributed by atoms with van der Waals surface area (Å²) in [5, 5.41) is 2.51. The minimum Gasteiger partial charge on any atom is -0.497 e. The number of benzene rings is 2. The van der Waals surface area contributed by atoms with E-state index in [4.69, 9.17) is 14.2 Å².